The molecule has 0 radical (unpaired) electrons. The predicted octanol–water partition coefficient (Wildman–Crippen LogP) is 2.69. The number of hydrogen-bond donors (Lipinski definition) is 1. The van der Waals surface area contributed by atoms with Crippen molar-refractivity contribution in [2.24, 2.45) is 0 Å². The normalized spacial score (nSPS) is 11.1. The molecule has 130 valence electrons. The number of aromatic nitrogens is 2. The van der Waals surface area contributed by atoms with Crippen LogP contribution in [-0.4, -0.2) is 32.4 Å². The van der Waals surface area contributed by atoms with Crippen molar-refractivity contribution in [1.29, 1.82) is 0 Å². The van der Waals surface area contributed by atoms with Crippen LogP contribution < -0.4 is 14.2 Å². The molecule has 1 heterocycles. The second-order valence-electron chi connectivity index (χ2n) is 5.12. The summed E-state index contributed by atoms with van der Waals surface area (Å²) >= 11 is 0. The summed E-state index contributed by atoms with van der Waals surface area (Å²) in [6.45, 7) is 0. The van der Waals surface area contributed by atoms with Crippen molar-refractivity contribution < 1.29 is 17.9 Å². The third-order valence-electron chi connectivity index (χ3n) is 3.53. The summed E-state index contributed by atoms with van der Waals surface area (Å²) in [6.07, 6.45) is 3.43. The van der Waals surface area contributed by atoms with E-state index in [0.717, 1.165) is 5.69 Å². The van der Waals surface area contributed by atoms with E-state index in [1.54, 1.807) is 53.5 Å². The Labute approximate surface area is 145 Å². The van der Waals surface area contributed by atoms with Gasteiger partial charge in [0.2, 0.25) is 0 Å². The summed E-state index contributed by atoms with van der Waals surface area (Å²) in [4.78, 5) is -0.00107. The van der Waals surface area contributed by atoms with Crippen molar-refractivity contribution in [2.45, 2.75) is 4.90 Å². The first-order valence-corrected chi connectivity index (χ1v) is 8.87. The van der Waals surface area contributed by atoms with Gasteiger partial charge in [0, 0.05) is 18.5 Å². The Morgan fingerprint density at radius 2 is 1.88 bits per heavy atom. The number of benzene rings is 2. The Hall–Kier alpha value is -3.00. The first kappa shape index (κ1) is 16.8. The van der Waals surface area contributed by atoms with Crippen LogP contribution in [0.1, 0.15) is 0 Å². The minimum atomic E-state index is -3.86. The molecular weight excluding hydrogens is 342 g/mol. The van der Waals surface area contributed by atoms with Crippen LogP contribution in [-0.2, 0) is 10.0 Å². The molecule has 0 bridgehead atoms. The van der Waals surface area contributed by atoms with E-state index in [1.165, 1.54) is 20.3 Å². The Kier molecular flexibility index (Phi) is 4.62. The molecule has 7 nitrogen and oxygen atoms in total. The topological polar surface area (TPSA) is 82.5 Å². The van der Waals surface area contributed by atoms with Gasteiger partial charge in [-0.1, -0.05) is 6.07 Å². The van der Waals surface area contributed by atoms with Crippen LogP contribution in [0.4, 0.5) is 5.69 Å². The summed E-state index contributed by atoms with van der Waals surface area (Å²) in [5.74, 6) is 0.656. The summed E-state index contributed by atoms with van der Waals surface area (Å²) in [5.41, 5.74) is 1.15. The Balaban J connectivity index is 1.96. The molecule has 0 atom stereocenters. The van der Waals surface area contributed by atoms with Crippen molar-refractivity contribution in [3.05, 3.63) is 60.9 Å². The first-order chi connectivity index (χ1) is 12.0. The van der Waals surface area contributed by atoms with Crippen LogP contribution in [0.5, 0.6) is 11.5 Å². The molecule has 2 aromatic carbocycles. The molecule has 0 saturated heterocycles. The number of hydrogen-bond acceptors (Lipinski definition) is 5. The zero-order chi connectivity index (χ0) is 17.9. The van der Waals surface area contributed by atoms with Gasteiger partial charge in [0.05, 0.1) is 25.6 Å². The lowest BCUT2D eigenvalue weighted by atomic mass is 10.3. The average Bonchev–Trinajstić information content (AvgIpc) is 3.15. The maximum Gasteiger partial charge on any atom is 0.265 e. The highest BCUT2D eigenvalue weighted by molar-refractivity contribution is 7.92. The molecule has 0 amide bonds. The highest BCUT2D eigenvalue weighted by atomic mass is 32.2. The fourth-order valence-corrected chi connectivity index (χ4v) is 3.57. The van der Waals surface area contributed by atoms with E-state index in [2.05, 4.69) is 9.82 Å². The van der Waals surface area contributed by atoms with Gasteiger partial charge in [-0.05, 0) is 36.4 Å². The third-order valence-corrected chi connectivity index (χ3v) is 4.93. The van der Waals surface area contributed by atoms with Crippen molar-refractivity contribution in [3.8, 4) is 17.2 Å². The molecule has 0 spiro atoms. The van der Waals surface area contributed by atoms with Gasteiger partial charge in [-0.3, -0.25) is 4.72 Å². The maximum atomic E-state index is 12.8. The number of anilines is 1. The molecule has 1 N–H and O–H groups in total. The molecule has 0 fully saturated rings. The van der Waals surface area contributed by atoms with Crippen LogP contribution >= 0.6 is 0 Å². The highest BCUT2D eigenvalue weighted by Gasteiger charge is 2.21. The summed E-state index contributed by atoms with van der Waals surface area (Å²) in [5, 5.41) is 4.14. The van der Waals surface area contributed by atoms with Gasteiger partial charge in [-0.25, -0.2) is 13.1 Å². The zero-order valence-corrected chi connectivity index (χ0v) is 14.5. The average molecular weight is 359 g/mol. The number of nitrogens with one attached hydrogen (secondary N) is 1. The van der Waals surface area contributed by atoms with Gasteiger partial charge in [0.25, 0.3) is 10.0 Å². The number of ether oxygens (including phenoxy) is 2. The molecule has 0 aliphatic rings. The SMILES string of the molecule is COc1ccc(OC)c(S(=O)(=O)Nc2cccc(-n3cccn3)c2)c1. The number of nitrogens with zero attached hydrogens (tertiary/aromatic N) is 2. The Morgan fingerprint density at radius 3 is 2.56 bits per heavy atom. The van der Waals surface area contributed by atoms with Crippen molar-refractivity contribution >= 4 is 15.7 Å². The summed E-state index contributed by atoms with van der Waals surface area (Å²) < 4.78 is 40.0. The highest BCUT2D eigenvalue weighted by Crippen LogP contribution is 2.30. The summed E-state index contributed by atoms with van der Waals surface area (Å²) in [7, 11) is -0.972. The van der Waals surface area contributed by atoms with Crippen molar-refractivity contribution in [1.82, 2.24) is 9.78 Å². The van der Waals surface area contributed by atoms with Gasteiger partial charge >= 0.3 is 0 Å². The van der Waals surface area contributed by atoms with Crippen LogP contribution in [0, 0.1) is 0 Å². The monoisotopic (exact) mass is 359 g/mol. The minimum Gasteiger partial charge on any atom is -0.497 e. The van der Waals surface area contributed by atoms with E-state index in [4.69, 9.17) is 9.47 Å². The molecule has 3 rings (SSSR count). The maximum absolute atomic E-state index is 12.8. The van der Waals surface area contributed by atoms with Crippen LogP contribution in [0.2, 0.25) is 0 Å². The van der Waals surface area contributed by atoms with Gasteiger partial charge in [-0.2, -0.15) is 5.10 Å². The second-order valence-corrected chi connectivity index (χ2v) is 6.77. The lowest BCUT2D eigenvalue weighted by Crippen LogP contribution is -2.14. The van der Waals surface area contributed by atoms with Crippen LogP contribution in [0.25, 0.3) is 5.69 Å². The van der Waals surface area contributed by atoms with E-state index in [1.807, 2.05) is 6.07 Å². The molecule has 1 aromatic heterocycles. The quantitative estimate of drug-likeness (QED) is 0.732. The van der Waals surface area contributed by atoms with E-state index >= 15 is 0 Å². The molecular formula is C17H17N3O4S. The largest absolute Gasteiger partial charge is 0.497 e. The fraction of sp³-hybridized carbons (Fsp3) is 0.118. The zero-order valence-electron chi connectivity index (χ0n) is 13.7. The van der Waals surface area contributed by atoms with E-state index in [9.17, 15) is 8.42 Å². The summed E-state index contributed by atoms with van der Waals surface area (Å²) in [6, 6.07) is 13.3. The molecule has 8 heteroatoms. The predicted molar refractivity (Wildman–Crippen MR) is 93.9 cm³/mol. The van der Waals surface area contributed by atoms with Crippen LogP contribution in [0.15, 0.2) is 65.8 Å². The van der Waals surface area contributed by atoms with Crippen molar-refractivity contribution in [3.63, 3.8) is 0 Å². The van der Waals surface area contributed by atoms with Gasteiger partial charge in [-0.15, -0.1) is 0 Å². The third kappa shape index (κ3) is 3.58. The van der Waals surface area contributed by atoms with E-state index in [-0.39, 0.29) is 10.6 Å². The van der Waals surface area contributed by atoms with Gasteiger partial charge in [0.1, 0.15) is 16.4 Å². The lowest BCUT2D eigenvalue weighted by molar-refractivity contribution is 0.392. The number of methoxy groups -OCH3 is 2. The molecule has 0 unspecified atom stereocenters. The van der Waals surface area contributed by atoms with Gasteiger partial charge < -0.3 is 9.47 Å². The molecule has 25 heavy (non-hydrogen) atoms. The van der Waals surface area contributed by atoms with Gasteiger partial charge in [0.15, 0.2) is 0 Å². The molecule has 0 aliphatic heterocycles. The smallest absolute Gasteiger partial charge is 0.265 e. The first-order valence-electron chi connectivity index (χ1n) is 7.38. The fourth-order valence-electron chi connectivity index (χ4n) is 2.34. The lowest BCUT2D eigenvalue weighted by Gasteiger charge is -2.13. The Bertz CT molecular complexity index is 969. The number of rotatable bonds is 6. The van der Waals surface area contributed by atoms with E-state index in [0.29, 0.717) is 11.4 Å². The van der Waals surface area contributed by atoms with Crippen molar-refractivity contribution in [2.75, 3.05) is 18.9 Å². The van der Waals surface area contributed by atoms with Crippen LogP contribution in [0.3, 0.4) is 0 Å². The standard InChI is InChI=1S/C17H17N3O4S/c1-23-15-7-8-16(24-2)17(12-15)25(21,22)19-13-5-3-6-14(11-13)20-10-4-9-18-20/h3-12,19H,1-2H3. The molecule has 0 saturated carbocycles. The number of sulfonamides is 1. The second kappa shape index (κ2) is 6.86. The molecule has 3 aromatic rings. The van der Waals surface area contributed by atoms with E-state index < -0.39 is 10.0 Å². The molecule has 0 aliphatic carbocycles. The Morgan fingerprint density at radius 1 is 1.04 bits per heavy atom. The minimum absolute atomic E-state index is 0.00107.